The van der Waals surface area contributed by atoms with Crippen LogP contribution >= 0.6 is 23.2 Å². The van der Waals surface area contributed by atoms with Crippen LogP contribution in [0.15, 0.2) is 42.5 Å². The number of carbonyl (C=O) groups excluding carboxylic acids is 2. The van der Waals surface area contributed by atoms with E-state index in [0.29, 0.717) is 27.9 Å². The Morgan fingerprint density at radius 1 is 1.12 bits per heavy atom. The zero-order chi connectivity index (χ0) is 17.8. The number of rotatable bonds is 4. The van der Waals surface area contributed by atoms with Gasteiger partial charge in [-0.2, -0.15) is 0 Å². The minimum atomic E-state index is -0.475. The van der Waals surface area contributed by atoms with E-state index in [9.17, 15) is 9.59 Å². The molecule has 7 heteroatoms. The molecule has 0 aliphatic carbocycles. The molecule has 2 aromatic rings. The number of benzene rings is 2. The Labute approximate surface area is 154 Å². The Morgan fingerprint density at radius 2 is 1.84 bits per heavy atom. The molecule has 25 heavy (non-hydrogen) atoms. The van der Waals surface area contributed by atoms with Crippen LogP contribution in [0.1, 0.15) is 5.56 Å². The van der Waals surface area contributed by atoms with Crippen LogP contribution in [-0.4, -0.2) is 25.1 Å². The number of anilines is 1. The highest BCUT2D eigenvalue weighted by Crippen LogP contribution is 2.30. The number of ether oxygens (including phenoxy) is 2. The summed E-state index contributed by atoms with van der Waals surface area (Å²) in [5, 5.41) is 3.78. The number of amides is 1. The summed E-state index contributed by atoms with van der Waals surface area (Å²) >= 11 is 11.7. The van der Waals surface area contributed by atoms with Gasteiger partial charge < -0.3 is 14.8 Å². The summed E-state index contributed by atoms with van der Waals surface area (Å²) in [5.74, 6) is -0.643. The standard InChI is InChI=1S/C18H15Cl2NO4/c19-13-1-4-15(5-2-13)21-17(22)10-25-18(23)12-7-11-8-14(20)3-6-16(11)24-9-12/h1-6,8,12H,7,9-10H2,(H,21,22)/t12-/m0/s1. The third-order valence-corrected chi connectivity index (χ3v) is 4.22. The van der Waals surface area contributed by atoms with Gasteiger partial charge in [0.1, 0.15) is 12.4 Å². The first-order valence-corrected chi connectivity index (χ1v) is 8.40. The number of halogens is 2. The van der Waals surface area contributed by atoms with Crippen molar-refractivity contribution in [3.05, 3.63) is 58.1 Å². The van der Waals surface area contributed by atoms with Gasteiger partial charge in [-0.05, 0) is 54.4 Å². The van der Waals surface area contributed by atoms with E-state index in [1.807, 2.05) is 0 Å². The van der Waals surface area contributed by atoms with E-state index in [1.165, 1.54) is 0 Å². The molecule has 1 amide bonds. The highest BCUT2D eigenvalue weighted by molar-refractivity contribution is 6.31. The van der Waals surface area contributed by atoms with Crippen LogP contribution in [0.4, 0.5) is 5.69 Å². The van der Waals surface area contributed by atoms with E-state index in [1.54, 1.807) is 42.5 Å². The first-order chi connectivity index (χ1) is 12.0. The first kappa shape index (κ1) is 17.6. The Kier molecular flexibility index (Phi) is 5.46. The summed E-state index contributed by atoms with van der Waals surface area (Å²) < 4.78 is 10.6. The third kappa shape index (κ3) is 4.65. The molecule has 1 aliphatic heterocycles. The van der Waals surface area contributed by atoms with E-state index in [-0.39, 0.29) is 13.2 Å². The molecule has 130 valence electrons. The van der Waals surface area contributed by atoms with Crippen molar-refractivity contribution in [2.24, 2.45) is 5.92 Å². The molecule has 1 atom stereocenters. The van der Waals surface area contributed by atoms with Gasteiger partial charge in [0.05, 0.1) is 5.92 Å². The Morgan fingerprint density at radius 3 is 2.60 bits per heavy atom. The number of fused-ring (bicyclic) bond motifs is 1. The molecule has 0 spiro atoms. The smallest absolute Gasteiger partial charge is 0.313 e. The lowest BCUT2D eigenvalue weighted by molar-refractivity contribution is -0.152. The normalized spacial score (nSPS) is 15.7. The number of hydrogen-bond donors (Lipinski definition) is 1. The van der Waals surface area contributed by atoms with Crippen molar-refractivity contribution in [2.45, 2.75) is 6.42 Å². The van der Waals surface area contributed by atoms with Gasteiger partial charge in [0, 0.05) is 15.7 Å². The lowest BCUT2D eigenvalue weighted by atomic mass is 9.97. The van der Waals surface area contributed by atoms with E-state index < -0.39 is 17.8 Å². The van der Waals surface area contributed by atoms with E-state index in [2.05, 4.69) is 5.32 Å². The fourth-order valence-electron chi connectivity index (χ4n) is 2.50. The summed E-state index contributed by atoms with van der Waals surface area (Å²) in [6, 6.07) is 11.9. The van der Waals surface area contributed by atoms with Crippen LogP contribution in [0.2, 0.25) is 10.0 Å². The summed E-state index contributed by atoms with van der Waals surface area (Å²) in [6.07, 6.45) is 0.466. The van der Waals surface area contributed by atoms with Crippen molar-refractivity contribution in [3.8, 4) is 5.75 Å². The maximum Gasteiger partial charge on any atom is 0.313 e. The van der Waals surface area contributed by atoms with Gasteiger partial charge >= 0.3 is 5.97 Å². The lowest BCUT2D eigenvalue weighted by Crippen LogP contribution is -2.31. The van der Waals surface area contributed by atoms with Gasteiger partial charge in [-0.15, -0.1) is 0 Å². The molecule has 0 saturated carbocycles. The minimum absolute atomic E-state index is 0.215. The molecule has 0 fully saturated rings. The number of esters is 1. The topological polar surface area (TPSA) is 64.6 Å². The average molecular weight is 380 g/mol. The maximum atomic E-state index is 12.2. The number of hydrogen-bond acceptors (Lipinski definition) is 4. The fraction of sp³-hybridized carbons (Fsp3) is 0.222. The van der Waals surface area contributed by atoms with Crippen molar-refractivity contribution >= 4 is 40.8 Å². The maximum absolute atomic E-state index is 12.2. The van der Waals surface area contributed by atoms with Crippen molar-refractivity contribution in [2.75, 3.05) is 18.5 Å². The SMILES string of the molecule is O=C(COC(=O)[C@@H]1COc2ccc(Cl)cc2C1)Nc1ccc(Cl)cc1. The number of carbonyl (C=O) groups is 2. The molecule has 0 unspecified atom stereocenters. The molecule has 1 N–H and O–H groups in total. The third-order valence-electron chi connectivity index (χ3n) is 3.74. The molecule has 0 bridgehead atoms. The average Bonchev–Trinajstić information content (AvgIpc) is 2.61. The molecular weight excluding hydrogens is 365 g/mol. The van der Waals surface area contributed by atoms with Gasteiger partial charge in [-0.1, -0.05) is 23.2 Å². The zero-order valence-corrected chi connectivity index (χ0v) is 14.6. The van der Waals surface area contributed by atoms with Gasteiger partial charge in [0.15, 0.2) is 6.61 Å². The van der Waals surface area contributed by atoms with Gasteiger partial charge in [0.2, 0.25) is 0 Å². The van der Waals surface area contributed by atoms with E-state index >= 15 is 0 Å². The molecule has 1 aliphatic rings. The highest BCUT2D eigenvalue weighted by atomic mass is 35.5. The van der Waals surface area contributed by atoms with E-state index in [4.69, 9.17) is 32.7 Å². The van der Waals surface area contributed by atoms with Crippen LogP contribution in [-0.2, 0) is 20.7 Å². The summed E-state index contributed by atoms with van der Waals surface area (Å²) in [7, 11) is 0. The molecule has 0 aromatic heterocycles. The van der Waals surface area contributed by atoms with Crippen molar-refractivity contribution < 1.29 is 19.1 Å². The predicted molar refractivity (Wildman–Crippen MR) is 95.2 cm³/mol. The highest BCUT2D eigenvalue weighted by Gasteiger charge is 2.27. The molecule has 5 nitrogen and oxygen atoms in total. The second kappa shape index (κ2) is 7.76. The van der Waals surface area contributed by atoms with Crippen LogP contribution in [0.25, 0.3) is 0 Å². The molecule has 2 aromatic carbocycles. The Balaban J connectivity index is 1.51. The summed E-state index contributed by atoms with van der Waals surface area (Å²) in [4.78, 5) is 24.0. The molecule has 1 heterocycles. The van der Waals surface area contributed by atoms with Gasteiger partial charge in [-0.3, -0.25) is 9.59 Å². The Hall–Kier alpha value is -2.24. The first-order valence-electron chi connectivity index (χ1n) is 7.64. The summed E-state index contributed by atoms with van der Waals surface area (Å²) in [5.41, 5.74) is 1.43. The zero-order valence-electron chi connectivity index (χ0n) is 13.1. The quantitative estimate of drug-likeness (QED) is 0.822. The van der Waals surface area contributed by atoms with Crippen molar-refractivity contribution in [3.63, 3.8) is 0 Å². The van der Waals surface area contributed by atoms with Crippen LogP contribution in [0.5, 0.6) is 5.75 Å². The summed E-state index contributed by atoms with van der Waals surface area (Å²) in [6.45, 7) is -0.146. The second-order valence-electron chi connectivity index (χ2n) is 5.63. The van der Waals surface area contributed by atoms with Crippen LogP contribution < -0.4 is 10.1 Å². The van der Waals surface area contributed by atoms with Crippen molar-refractivity contribution in [1.82, 2.24) is 0 Å². The lowest BCUT2D eigenvalue weighted by Gasteiger charge is -2.24. The Bertz CT molecular complexity index is 792. The largest absolute Gasteiger partial charge is 0.492 e. The van der Waals surface area contributed by atoms with E-state index in [0.717, 1.165) is 5.56 Å². The van der Waals surface area contributed by atoms with Crippen molar-refractivity contribution in [1.29, 1.82) is 0 Å². The predicted octanol–water partition coefficient (Wildman–Crippen LogP) is 3.73. The van der Waals surface area contributed by atoms with Crippen LogP contribution in [0.3, 0.4) is 0 Å². The molecule has 0 radical (unpaired) electrons. The number of nitrogens with one attached hydrogen (secondary N) is 1. The van der Waals surface area contributed by atoms with Gasteiger partial charge in [0.25, 0.3) is 5.91 Å². The molecule has 0 saturated heterocycles. The minimum Gasteiger partial charge on any atom is -0.492 e. The second-order valence-corrected chi connectivity index (χ2v) is 6.50. The van der Waals surface area contributed by atoms with Crippen LogP contribution in [0, 0.1) is 5.92 Å². The molecule has 3 rings (SSSR count). The fourth-order valence-corrected chi connectivity index (χ4v) is 2.82. The molecular formula is C18H15Cl2NO4. The van der Waals surface area contributed by atoms with Gasteiger partial charge in [-0.25, -0.2) is 0 Å². The monoisotopic (exact) mass is 379 g/mol.